The lowest BCUT2D eigenvalue weighted by Crippen LogP contribution is -2.32. The van der Waals surface area contributed by atoms with E-state index in [0.29, 0.717) is 0 Å². The Kier molecular flexibility index (Phi) is 7.52. The number of hydrogen-bond acceptors (Lipinski definition) is 2. The van der Waals surface area contributed by atoms with Gasteiger partial charge in [0.15, 0.2) is 0 Å². The summed E-state index contributed by atoms with van der Waals surface area (Å²) >= 11 is 0. The fourth-order valence-corrected chi connectivity index (χ4v) is 10.7. The second kappa shape index (κ2) is 13.4. The Balaban J connectivity index is 1.03. The lowest BCUT2D eigenvalue weighted by molar-refractivity contribution is 0.442. The van der Waals surface area contributed by atoms with Gasteiger partial charge in [-0.05, 0) is 99.4 Å². The highest BCUT2D eigenvalue weighted by atomic mass is 16.5. The molecule has 0 amide bonds. The van der Waals surface area contributed by atoms with Crippen LogP contribution < -0.4 is 9.64 Å². The van der Waals surface area contributed by atoms with Gasteiger partial charge in [0.05, 0.1) is 21.8 Å². The molecule has 1 aromatic heterocycles. The van der Waals surface area contributed by atoms with Gasteiger partial charge in [-0.2, -0.15) is 0 Å². The predicted molar refractivity (Wildman–Crippen MR) is 256 cm³/mol. The van der Waals surface area contributed by atoms with Crippen LogP contribution in [0.25, 0.3) is 60.5 Å². The van der Waals surface area contributed by atoms with Gasteiger partial charge >= 0.3 is 0 Å². The molecule has 2 aliphatic rings. The number of fused-ring (bicyclic) bond motifs is 15. The molecular formula is C59H38N2O. The molecule has 1 aliphatic heterocycles. The molecule has 0 saturated carbocycles. The summed E-state index contributed by atoms with van der Waals surface area (Å²) in [5.41, 5.74) is 16.0. The van der Waals surface area contributed by atoms with Crippen LogP contribution in [0.4, 0.5) is 17.1 Å². The Hall–Kier alpha value is -8.14. The summed E-state index contributed by atoms with van der Waals surface area (Å²) < 4.78 is 9.69. The Morgan fingerprint density at radius 1 is 0.387 bits per heavy atom. The zero-order valence-electron chi connectivity index (χ0n) is 33.7. The van der Waals surface area contributed by atoms with Crippen LogP contribution >= 0.6 is 0 Å². The van der Waals surface area contributed by atoms with E-state index in [2.05, 4.69) is 240 Å². The number of ether oxygens (including phenoxy) is 1. The van der Waals surface area contributed by atoms with Crippen molar-refractivity contribution in [3.63, 3.8) is 0 Å². The van der Waals surface area contributed by atoms with E-state index in [0.717, 1.165) is 50.5 Å². The third-order valence-electron chi connectivity index (χ3n) is 13.2. The maximum absolute atomic E-state index is 7.24. The van der Waals surface area contributed by atoms with Gasteiger partial charge in [0.2, 0.25) is 0 Å². The highest BCUT2D eigenvalue weighted by molar-refractivity contribution is 6.21. The summed E-state index contributed by atoms with van der Waals surface area (Å²) in [4.78, 5) is 2.33. The molecule has 11 aromatic rings. The monoisotopic (exact) mass is 790 g/mol. The molecular weight excluding hydrogens is 753 g/mol. The number of benzene rings is 10. The van der Waals surface area contributed by atoms with Crippen LogP contribution in [0, 0.1) is 0 Å². The van der Waals surface area contributed by atoms with Crippen molar-refractivity contribution in [3.8, 4) is 39.4 Å². The average Bonchev–Trinajstić information content (AvgIpc) is 3.84. The molecule has 62 heavy (non-hydrogen) atoms. The molecule has 0 N–H and O–H groups in total. The van der Waals surface area contributed by atoms with Gasteiger partial charge in [-0.3, -0.25) is 0 Å². The largest absolute Gasteiger partial charge is 0.456 e. The number of anilines is 3. The maximum atomic E-state index is 7.24. The number of nitrogens with zero attached hydrogens (tertiary/aromatic N) is 2. The Morgan fingerprint density at radius 3 is 1.68 bits per heavy atom. The second-order valence-corrected chi connectivity index (χ2v) is 16.4. The van der Waals surface area contributed by atoms with E-state index >= 15 is 0 Å². The van der Waals surface area contributed by atoms with Crippen LogP contribution in [-0.2, 0) is 5.41 Å². The van der Waals surface area contributed by atoms with Crippen LogP contribution in [-0.4, -0.2) is 4.57 Å². The molecule has 0 bridgehead atoms. The topological polar surface area (TPSA) is 17.4 Å². The number of rotatable bonds is 5. The van der Waals surface area contributed by atoms with Crippen molar-refractivity contribution in [2.75, 3.05) is 4.90 Å². The normalized spacial score (nSPS) is 13.1. The molecule has 3 heteroatoms. The van der Waals surface area contributed by atoms with E-state index in [1.165, 1.54) is 60.8 Å². The third-order valence-corrected chi connectivity index (χ3v) is 13.2. The van der Waals surface area contributed by atoms with Crippen molar-refractivity contribution in [1.29, 1.82) is 0 Å². The first-order valence-corrected chi connectivity index (χ1v) is 21.3. The molecule has 0 saturated heterocycles. The van der Waals surface area contributed by atoms with E-state index in [1.54, 1.807) is 0 Å². The standard InChI is InChI=1S/C59H38N2O/c1-3-15-39(16-4-1)40-27-30-43(31-28-40)60(42-18-5-2-6-19-42)44-32-34-45(35-33-44)61-54-38-37-53-58(56(54)49-36-29-41-17-7-8-20-46(41)57(49)61)62-55-26-14-13-25-52(55)59(53)50-23-11-9-21-47(50)48-22-10-12-24-51(48)59/h1-38H. The molecule has 2 heterocycles. The van der Waals surface area contributed by atoms with Gasteiger partial charge in [-0.25, -0.2) is 0 Å². The first-order chi connectivity index (χ1) is 30.8. The van der Waals surface area contributed by atoms with Crippen molar-refractivity contribution in [2.24, 2.45) is 0 Å². The molecule has 1 aliphatic carbocycles. The lowest BCUT2D eigenvalue weighted by atomic mass is 9.66. The minimum Gasteiger partial charge on any atom is -0.456 e. The second-order valence-electron chi connectivity index (χ2n) is 16.4. The van der Waals surface area contributed by atoms with Crippen molar-refractivity contribution < 1.29 is 4.74 Å². The molecule has 10 aromatic carbocycles. The zero-order valence-corrected chi connectivity index (χ0v) is 33.7. The van der Waals surface area contributed by atoms with Crippen LogP contribution in [0.5, 0.6) is 11.5 Å². The maximum Gasteiger partial charge on any atom is 0.142 e. The molecule has 290 valence electrons. The molecule has 3 nitrogen and oxygen atoms in total. The predicted octanol–water partition coefficient (Wildman–Crippen LogP) is 15.5. The number of para-hydroxylation sites is 2. The Labute approximate surface area is 360 Å². The van der Waals surface area contributed by atoms with Gasteiger partial charge in [0, 0.05) is 44.6 Å². The first kappa shape index (κ1) is 34.7. The highest BCUT2D eigenvalue weighted by Crippen LogP contribution is 2.63. The summed E-state index contributed by atoms with van der Waals surface area (Å²) in [7, 11) is 0. The molecule has 0 fully saturated rings. The van der Waals surface area contributed by atoms with E-state index in [4.69, 9.17) is 4.74 Å². The number of aromatic nitrogens is 1. The molecule has 1 spiro atoms. The summed E-state index contributed by atoms with van der Waals surface area (Å²) in [6.45, 7) is 0. The van der Waals surface area contributed by atoms with Crippen molar-refractivity contribution in [1.82, 2.24) is 4.57 Å². The van der Waals surface area contributed by atoms with E-state index in [1.807, 2.05) is 0 Å². The molecule has 0 unspecified atom stereocenters. The van der Waals surface area contributed by atoms with Crippen LogP contribution in [0.15, 0.2) is 231 Å². The van der Waals surface area contributed by atoms with E-state index < -0.39 is 5.41 Å². The van der Waals surface area contributed by atoms with Gasteiger partial charge in [0.1, 0.15) is 11.5 Å². The van der Waals surface area contributed by atoms with Gasteiger partial charge in [-0.15, -0.1) is 0 Å². The average molecular weight is 791 g/mol. The minimum atomic E-state index is -0.543. The molecule has 0 radical (unpaired) electrons. The summed E-state index contributed by atoms with van der Waals surface area (Å²) in [5.74, 6) is 1.81. The van der Waals surface area contributed by atoms with Crippen molar-refractivity contribution >= 4 is 49.6 Å². The van der Waals surface area contributed by atoms with Gasteiger partial charge in [0.25, 0.3) is 0 Å². The third kappa shape index (κ3) is 4.88. The van der Waals surface area contributed by atoms with Gasteiger partial charge in [-0.1, -0.05) is 170 Å². The Morgan fingerprint density at radius 2 is 0.952 bits per heavy atom. The summed E-state index contributed by atoms with van der Waals surface area (Å²) in [5, 5.41) is 4.68. The van der Waals surface area contributed by atoms with Crippen LogP contribution in [0.3, 0.4) is 0 Å². The zero-order chi connectivity index (χ0) is 40.8. The fraction of sp³-hybridized carbons (Fsp3) is 0.0169. The van der Waals surface area contributed by atoms with Crippen LogP contribution in [0.2, 0.25) is 0 Å². The summed E-state index contributed by atoms with van der Waals surface area (Å²) in [6.07, 6.45) is 0. The van der Waals surface area contributed by atoms with Crippen LogP contribution in [0.1, 0.15) is 22.3 Å². The SMILES string of the molecule is c1ccc(-c2ccc(N(c3ccccc3)c3ccc(-n4c5ccc6c(c5c5ccc7ccccc7c54)Oc4ccccc4C64c5ccccc5-c5ccccc54)cc3)cc2)cc1. The summed E-state index contributed by atoms with van der Waals surface area (Å²) in [6, 6.07) is 83.6. The lowest BCUT2D eigenvalue weighted by Gasteiger charge is -2.39. The minimum absolute atomic E-state index is 0.543. The van der Waals surface area contributed by atoms with Gasteiger partial charge < -0.3 is 14.2 Å². The quantitative estimate of drug-likeness (QED) is 0.173. The molecule has 0 atom stereocenters. The smallest absolute Gasteiger partial charge is 0.142 e. The molecule has 13 rings (SSSR count). The Bertz CT molecular complexity index is 3490. The first-order valence-electron chi connectivity index (χ1n) is 21.3. The fourth-order valence-electron chi connectivity index (χ4n) is 10.7. The van der Waals surface area contributed by atoms with Crippen molar-refractivity contribution in [3.05, 3.63) is 253 Å². The van der Waals surface area contributed by atoms with E-state index in [9.17, 15) is 0 Å². The highest BCUT2D eigenvalue weighted by Gasteiger charge is 2.51. The number of hydrogen-bond donors (Lipinski definition) is 0. The van der Waals surface area contributed by atoms with E-state index in [-0.39, 0.29) is 0 Å². The van der Waals surface area contributed by atoms with Crippen molar-refractivity contribution in [2.45, 2.75) is 5.41 Å².